The van der Waals surface area contributed by atoms with E-state index in [1.807, 2.05) is 0 Å². The second kappa shape index (κ2) is 9.02. The van der Waals surface area contributed by atoms with Gasteiger partial charge in [0.1, 0.15) is 0 Å². The third-order valence-corrected chi connectivity index (χ3v) is 9.90. The quantitative estimate of drug-likeness (QED) is 0.360. The lowest BCUT2D eigenvalue weighted by Crippen LogP contribution is -2.52. The number of hydrogen-bond donors (Lipinski definition) is 3. The molecular weight excluding hydrogens is 400 g/mol. The van der Waals surface area contributed by atoms with E-state index in [2.05, 4.69) is 45.9 Å². The van der Waals surface area contributed by atoms with Gasteiger partial charge in [-0.2, -0.15) is 0 Å². The zero-order valence-electron chi connectivity index (χ0n) is 20.6. The van der Waals surface area contributed by atoms with E-state index in [9.17, 15) is 15.3 Å². The standard InChI is InChI=1S/C28H44O4/c1-5-28(31,6-2)13-7-15-32-18-20-9-11-23-22-10-8-19-16-21(29)17-25(30)27(19,4)24(22)12-14-26(20,23)3/h8-10,21,23-25,29-31H,5-7,11-18H2,1-4H3/t21-,23+,24+,25+,26-,27+/m1/s1. The first kappa shape index (κ1) is 24.2. The molecule has 0 saturated heterocycles. The summed E-state index contributed by atoms with van der Waals surface area (Å²) in [5, 5.41) is 31.7. The largest absolute Gasteiger partial charge is 0.393 e. The molecule has 0 heterocycles. The summed E-state index contributed by atoms with van der Waals surface area (Å²) in [4.78, 5) is 0. The monoisotopic (exact) mass is 444 g/mol. The van der Waals surface area contributed by atoms with Crippen molar-refractivity contribution in [3.05, 3.63) is 34.9 Å². The lowest BCUT2D eigenvalue weighted by Gasteiger charge is -2.56. The average molecular weight is 445 g/mol. The van der Waals surface area contributed by atoms with Crippen LogP contribution in [0.4, 0.5) is 0 Å². The van der Waals surface area contributed by atoms with Gasteiger partial charge in [-0.3, -0.25) is 0 Å². The molecule has 0 aromatic heterocycles. The highest BCUT2D eigenvalue weighted by Crippen LogP contribution is 2.63. The second-order valence-electron chi connectivity index (χ2n) is 11.4. The lowest BCUT2D eigenvalue weighted by molar-refractivity contribution is -0.0494. The average Bonchev–Trinajstić information content (AvgIpc) is 3.11. The Labute approximate surface area is 194 Å². The van der Waals surface area contributed by atoms with Crippen LogP contribution in [0.15, 0.2) is 34.9 Å². The number of ether oxygens (including phenoxy) is 1. The van der Waals surface area contributed by atoms with Crippen LogP contribution in [0.1, 0.15) is 85.5 Å². The summed E-state index contributed by atoms with van der Waals surface area (Å²) < 4.78 is 6.11. The van der Waals surface area contributed by atoms with Crippen molar-refractivity contribution in [3.8, 4) is 0 Å². The van der Waals surface area contributed by atoms with Crippen molar-refractivity contribution in [1.29, 1.82) is 0 Å². The Balaban J connectivity index is 1.40. The summed E-state index contributed by atoms with van der Waals surface area (Å²) in [6.07, 6.45) is 13.8. The summed E-state index contributed by atoms with van der Waals surface area (Å²) in [5.74, 6) is 0.858. The van der Waals surface area contributed by atoms with Gasteiger partial charge in [0.05, 0.1) is 24.4 Å². The molecule has 6 atom stereocenters. The Morgan fingerprint density at radius 1 is 1.12 bits per heavy atom. The minimum Gasteiger partial charge on any atom is -0.393 e. The predicted molar refractivity (Wildman–Crippen MR) is 128 cm³/mol. The van der Waals surface area contributed by atoms with Crippen molar-refractivity contribution in [2.45, 2.75) is 103 Å². The molecule has 0 bridgehead atoms. The Kier molecular flexibility index (Phi) is 6.82. The Morgan fingerprint density at radius 2 is 1.88 bits per heavy atom. The molecule has 4 rings (SSSR count). The van der Waals surface area contributed by atoms with Gasteiger partial charge in [-0.05, 0) is 74.2 Å². The van der Waals surface area contributed by atoms with Gasteiger partial charge in [-0.15, -0.1) is 0 Å². The van der Waals surface area contributed by atoms with Gasteiger partial charge in [-0.1, -0.05) is 57.1 Å². The summed E-state index contributed by atoms with van der Waals surface area (Å²) in [5.41, 5.74) is 3.52. The molecule has 4 nitrogen and oxygen atoms in total. The molecule has 0 radical (unpaired) electrons. The molecule has 2 saturated carbocycles. The van der Waals surface area contributed by atoms with E-state index in [1.165, 1.54) is 16.7 Å². The van der Waals surface area contributed by atoms with Gasteiger partial charge in [0.25, 0.3) is 0 Å². The highest BCUT2D eigenvalue weighted by Gasteiger charge is 2.56. The number of rotatable bonds is 8. The fourth-order valence-corrected chi connectivity index (χ4v) is 7.23. The first-order valence-electron chi connectivity index (χ1n) is 12.9. The van der Waals surface area contributed by atoms with Crippen LogP contribution in [0.2, 0.25) is 0 Å². The molecule has 0 aromatic rings. The van der Waals surface area contributed by atoms with Crippen LogP contribution < -0.4 is 0 Å². The number of allylic oxidation sites excluding steroid dienone is 4. The Morgan fingerprint density at radius 3 is 2.59 bits per heavy atom. The summed E-state index contributed by atoms with van der Waals surface area (Å²) in [7, 11) is 0. The maximum Gasteiger partial charge on any atom is 0.0682 e. The van der Waals surface area contributed by atoms with Crippen LogP contribution >= 0.6 is 0 Å². The van der Waals surface area contributed by atoms with Crippen molar-refractivity contribution >= 4 is 0 Å². The second-order valence-corrected chi connectivity index (χ2v) is 11.4. The lowest BCUT2D eigenvalue weighted by atomic mass is 9.50. The highest BCUT2D eigenvalue weighted by atomic mass is 16.5. The molecule has 0 spiro atoms. The molecule has 3 N–H and O–H groups in total. The van der Waals surface area contributed by atoms with Crippen molar-refractivity contribution in [2.75, 3.05) is 13.2 Å². The van der Waals surface area contributed by atoms with Crippen molar-refractivity contribution in [2.24, 2.45) is 22.7 Å². The number of fused-ring (bicyclic) bond motifs is 5. The van der Waals surface area contributed by atoms with Crippen molar-refractivity contribution in [3.63, 3.8) is 0 Å². The van der Waals surface area contributed by atoms with Gasteiger partial charge < -0.3 is 20.1 Å². The maximum atomic E-state index is 11.0. The Hall–Kier alpha value is -0.940. The number of hydrogen-bond acceptors (Lipinski definition) is 4. The zero-order valence-corrected chi connectivity index (χ0v) is 20.6. The summed E-state index contributed by atoms with van der Waals surface area (Å²) in [6.45, 7) is 10.1. The minimum absolute atomic E-state index is 0.136. The van der Waals surface area contributed by atoms with E-state index in [1.54, 1.807) is 0 Å². The number of aliphatic hydroxyl groups is 3. The molecule has 0 amide bonds. The van der Waals surface area contributed by atoms with E-state index in [-0.39, 0.29) is 10.8 Å². The van der Waals surface area contributed by atoms with Gasteiger partial charge in [0.2, 0.25) is 0 Å². The normalized spacial score (nSPS) is 38.9. The SMILES string of the molecule is CCC(O)(CC)CCCOCC1=CC[C@H]2C3=CC=C4C[C@@H](O)C[C@H](O)[C@]4(C)[C@H]3CC[C@]12C. The summed E-state index contributed by atoms with van der Waals surface area (Å²) >= 11 is 0. The molecule has 4 heteroatoms. The third kappa shape index (κ3) is 3.96. The smallest absolute Gasteiger partial charge is 0.0682 e. The molecule has 0 unspecified atom stereocenters. The molecule has 4 aliphatic carbocycles. The van der Waals surface area contributed by atoms with Crippen molar-refractivity contribution < 1.29 is 20.1 Å². The molecular formula is C28H44O4. The predicted octanol–water partition coefficient (Wildman–Crippen LogP) is 5.09. The van der Waals surface area contributed by atoms with Gasteiger partial charge in [0, 0.05) is 18.4 Å². The van der Waals surface area contributed by atoms with E-state index >= 15 is 0 Å². The van der Waals surface area contributed by atoms with Crippen LogP contribution in [0, 0.1) is 22.7 Å². The highest BCUT2D eigenvalue weighted by molar-refractivity contribution is 5.43. The van der Waals surface area contributed by atoms with Crippen LogP contribution in [-0.2, 0) is 4.74 Å². The molecule has 4 aliphatic rings. The van der Waals surface area contributed by atoms with Gasteiger partial charge in [-0.25, -0.2) is 0 Å². The van der Waals surface area contributed by atoms with E-state index in [4.69, 9.17) is 4.74 Å². The number of aliphatic hydroxyl groups excluding tert-OH is 2. The van der Waals surface area contributed by atoms with Crippen LogP contribution in [0.5, 0.6) is 0 Å². The first-order valence-corrected chi connectivity index (χ1v) is 12.9. The van der Waals surface area contributed by atoms with Crippen molar-refractivity contribution in [1.82, 2.24) is 0 Å². The van der Waals surface area contributed by atoms with E-state index in [0.717, 1.165) is 44.9 Å². The van der Waals surface area contributed by atoms with E-state index in [0.29, 0.717) is 37.9 Å². The zero-order chi connectivity index (χ0) is 23.1. The molecule has 0 aromatic carbocycles. The van der Waals surface area contributed by atoms with Crippen LogP contribution in [0.3, 0.4) is 0 Å². The van der Waals surface area contributed by atoms with Crippen LogP contribution in [-0.4, -0.2) is 46.3 Å². The summed E-state index contributed by atoms with van der Waals surface area (Å²) in [6, 6.07) is 0. The first-order chi connectivity index (χ1) is 15.2. The third-order valence-electron chi connectivity index (χ3n) is 9.90. The minimum atomic E-state index is -0.541. The van der Waals surface area contributed by atoms with Gasteiger partial charge in [0.15, 0.2) is 0 Å². The van der Waals surface area contributed by atoms with Crippen LogP contribution in [0.25, 0.3) is 0 Å². The molecule has 0 aliphatic heterocycles. The van der Waals surface area contributed by atoms with Gasteiger partial charge >= 0.3 is 0 Å². The fraction of sp³-hybridized carbons (Fsp3) is 0.786. The molecule has 32 heavy (non-hydrogen) atoms. The fourth-order valence-electron chi connectivity index (χ4n) is 7.23. The molecule has 2 fully saturated rings. The topological polar surface area (TPSA) is 69.9 Å². The Bertz CT molecular complexity index is 791. The molecule has 180 valence electrons. The van der Waals surface area contributed by atoms with E-state index < -0.39 is 17.8 Å². The maximum absolute atomic E-state index is 11.0.